The van der Waals surface area contributed by atoms with Gasteiger partial charge in [-0.05, 0) is 27.2 Å². The lowest BCUT2D eigenvalue weighted by atomic mass is 10.1. The van der Waals surface area contributed by atoms with E-state index in [0.29, 0.717) is 0 Å². The second-order valence-electron chi connectivity index (χ2n) is 6.46. The van der Waals surface area contributed by atoms with Gasteiger partial charge in [0.05, 0.1) is 6.10 Å². The van der Waals surface area contributed by atoms with Crippen LogP contribution in [-0.4, -0.2) is 63.4 Å². The fourth-order valence-electron chi connectivity index (χ4n) is 2.33. The summed E-state index contributed by atoms with van der Waals surface area (Å²) in [5, 5.41) is 21.2. The Morgan fingerprint density at radius 3 is 2.52 bits per heavy atom. The molecule has 3 atom stereocenters. The topological polar surface area (TPSA) is 116 Å². The molecule has 1 rings (SSSR count). The number of carboxylic acid groups (broad SMARTS) is 1. The number of carbonyl (C=O) groups is 3. The molecule has 2 amide bonds. The van der Waals surface area contributed by atoms with E-state index in [2.05, 4.69) is 11.9 Å². The SMILES string of the molecule is C=CCC(NC(=O)OC(C)(C)C)C(=O)N1C[C@H](O)C[C@H]1C(=O)O. The minimum Gasteiger partial charge on any atom is -0.480 e. The van der Waals surface area contributed by atoms with Crippen LogP contribution in [0.4, 0.5) is 4.79 Å². The fourth-order valence-corrected chi connectivity index (χ4v) is 2.33. The Kier molecular flexibility index (Phi) is 6.14. The molecule has 1 saturated heterocycles. The lowest BCUT2D eigenvalue weighted by molar-refractivity contribution is -0.149. The predicted molar refractivity (Wildman–Crippen MR) is 81.7 cm³/mol. The highest BCUT2D eigenvalue weighted by atomic mass is 16.6. The summed E-state index contributed by atoms with van der Waals surface area (Å²) in [6.07, 6.45) is -0.136. The van der Waals surface area contributed by atoms with Gasteiger partial charge in [0.15, 0.2) is 0 Å². The van der Waals surface area contributed by atoms with Gasteiger partial charge in [-0.3, -0.25) is 4.79 Å². The van der Waals surface area contributed by atoms with Gasteiger partial charge in [-0.25, -0.2) is 9.59 Å². The third-order valence-corrected chi connectivity index (χ3v) is 3.24. The third kappa shape index (κ3) is 5.55. The number of rotatable bonds is 5. The van der Waals surface area contributed by atoms with E-state index in [4.69, 9.17) is 9.84 Å². The van der Waals surface area contributed by atoms with Crippen LogP contribution < -0.4 is 5.32 Å². The Morgan fingerprint density at radius 2 is 2.04 bits per heavy atom. The summed E-state index contributed by atoms with van der Waals surface area (Å²) < 4.78 is 5.10. The molecule has 1 aliphatic heterocycles. The van der Waals surface area contributed by atoms with Crippen molar-refractivity contribution in [3.05, 3.63) is 12.7 Å². The number of hydrogen-bond acceptors (Lipinski definition) is 5. The van der Waals surface area contributed by atoms with Gasteiger partial charge >= 0.3 is 12.1 Å². The summed E-state index contributed by atoms with van der Waals surface area (Å²) in [6, 6.07) is -2.10. The van der Waals surface area contributed by atoms with E-state index in [0.717, 1.165) is 4.90 Å². The highest BCUT2D eigenvalue weighted by Gasteiger charge is 2.41. The van der Waals surface area contributed by atoms with Crippen molar-refractivity contribution in [1.29, 1.82) is 0 Å². The number of aliphatic hydroxyl groups excluding tert-OH is 1. The summed E-state index contributed by atoms with van der Waals surface area (Å²) in [5.74, 6) is -1.77. The molecule has 0 aromatic rings. The first-order chi connectivity index (χ1) is 10.5. The molecular weight excluding hydrogens is 304 g/mol. The summed E-state index contributed by atoms with van der Waals surface area (Å²) in [7, 11) is 0. The third-order valence-electron chi connectivity index (χ3n) is 3.24. The monoisotopic (exact) mass is 328 g/mol. The lowest BCUT2D eigenvalue weighted by Gasteiger charge is -2.27. The van der Waals surface area contributed by atoms with Gasteiger partial charge in [-0.1, -0.05) is 6.08 Å². The average Bonchev–Trinajstić information content (AvgIpc) is 2.77. The number of hydrogen-bond donors (Lipinski definition) is 3. The zero-order valence-corrected chi connectivity index (χ0v) is 13.6. The van der Waals surface area contributed by atoms with Crippen LogP contribution in [0.25, 0.3) is 0 Å². The van der Waals surface area contributed by atoms with Crippen molar-refractivity contribution in [2.75, 3.05) is 6.54 Å². The molecule has 1 aliphatic rings. The molecule has 23 heavy (non-hydrogen) atoms. The second-order valence-corrected chi connectivity index (χ2v) is 6.46. The highest BCUT2D eigenvalue weighted by Crippen LogP contribution is 2.20. The van der Waals surface area contributed by atoms with Crippen molar-refractivity contribution >= 4 is 18.0 Å². The Bertz CT molecular complexity index is 485. The van der Waals surface area contributed by atoms with Crippen molar-refractivity contribution in [2.24, 2.45) is 0 Å². The first-order valence-corrected chi connectivity index (χ1v) is 7.37. The van der Waals surface area contributed by atoms with E-state index < -0.39 is 41.8 Å². The van der Waals surface area contributed by atoms with E-state index >= 15 is 0 Å². The standard InChI is InChI=1S/C15H24N2O6/c1-5-6-10(16-14(22)23-15(2,3)4)12(19)17-8-9(18)7-11(17)13(20)21/h5,9-11,18H,1,6-8H2,2-4H3,(H,16,22)(H,20,21)/t9-,10?,11+/m1/s1. The van der Waals surface area contributed by atoms with Gasteiger partial charge in [0.25, 0.3) is 0 Å². The van der Waals surface area contributed by atoms with Crippen LogP contribution in [0, 0.1) is 0 Å². The van der Waals surface area contributed by atoms with Crippen LogP contribution >= 0.6 is 0 Å². The molecule has 130 valence electrons. The van der Waals surface area contributed by atoms with Gasteiger partial charge in [-0.15, -0.1) is 6.58 Å². The smallest absolute Gasteiger partial charge is 0.408 e. The van der Waals surface area contributed by atoms with Crippen LogP contribution in [-0.2, 0) is 14.3 Å². The van der Waals surface area contributed by atoms with E-state index in [1.165, 1.54) is 6.08 Å². The quantitative estimate of drug-likeness (QED) is 0.633. The van der Waals surface area contributed by atoms with E-state index in [-0.39, 0.29) is 19.4 Å². The normalized spacial score (nSPS) is 22.3. The fraction of sp³-hybridized carbons (Fsp3) is 0.667. The number of amides is 2. The van der Waals surface area contributed by atoms with Crippen LogP contribution in [0.5, 0.6) is 0 Å². The number of carbonyl (C=O) groups excluding carboxylic acids is 2. The van der Waals surface area contributed by atoms with Crippen LogP contribution in [0.1, 0.15) is 33.6 Å². The molecule has 0 saturated carbocycles. The number of ether oxygens (including phenoxy) is 1. The summed E-state index contributed by atoms with van der Waals surface area (Å²) >= 11 is 0. The van der Waals surface area contributed by atoms with Crippen molar-refractivity contribution in [3.8, 4) is 0 Å². The molecule has 0 spiro atoms. The Hall–Kier alpha value is -2.09. The van der Waals surface area contributed by atoms with E-state index in [1.54, 1.807) is 20.8 Å². The maximum atomic E-state index is 12.5. The predicted octanol–water partition coefficient (Wildman–Crippen LogP) is 0.502. The molecule has 1 fully saturated rings. The molecule has 1 unspecified atom stereocenters. The maximum Gasteiger partial charge on any atom is 0.408 e. The molecule has 0 aromatic heterocycles. The molecule has 1 heterocycles. The molecule has 3 N–H and O–H groups in total. The molecule has 8 nitrogen and oxygen atoms in total. The van der Waals surface area contributed by atoms with Gasteiger partial charge in [0.1, 0.15) is 17.7 Å². The van der Waals surface area contributed by atoms with Gasteiger partial charge in [0, 0.05) is 13.0 Å². The number of carboxylic acids is 1. The molecule has 0 bridgehead atoms. The number of aliphatic hydroxyl groups is 1. The number of nitrogens with zero attached hydrogens (tertiary/aromatic N) is 1. The molecule has 0 aromatic carbocycles. The van der Waals surface area contributed by atoms with Crippen LogP contribution in [0.15, 0.2) is 12.7 Å². The van der Waals surface area contributed by atoms with Crippen LogP contribution in [0.3, 0.4) is 0 Å². The van der Waals surface area contributed by atoms with Crippen molar-refractivity contribution in [2.45, 2.75) is 57.4 Å². The zero-order chi connectivity index (χ0) is 17.8. The summed E-state index contributed by atoms with van der Waals surface area (Å²) in [4.78, 5) is 36.7. The first kappa shape index (κ1) is 19.0. The second kappa shape index (κ2) is 7.45. The van der Waals surface area contributed by atoms with Crippen LogP contribution in [0.2, 0.25) is 0 Å². The van der Waals surface area contributed by atoms with E-state index in [9.17, 15) is 19.5 Å². The van der Waals surface area contributed by atoms with Crippen molar-refractivity contribution < 1.29 is 29.3 Å². The van der Waals surface area contributed by atoms with Gasteiger partial charge in [0.2, 0.25) is 5.91 Å². The van der Waals surface area contributed by atoms with Crippen molar-refractivity contribution in [3.63, 3.8) is 0 Å². The number of aliphatic carboxylic acids is 1. The number of nitrogens with one attached hydrogen (secondary N) is 1. The Morgan fingerprint density at radius 1 is 1.43 bits per heavy atom. The number of alkyl carbamates (subject to hydrolysis) is 1. The number of β-amino-alcohol motifs (C(OH)–C–C–N with tert-alkyl or cyclic N) is 1. The van der Waals surface area contributed by atoms with Crippen molar-refractivity contribution in [1.82, 2.24) is 10.2 Å². The molecular formula is C15H24N2O6. The summed E-state index contributed by atoms with van der Waals surface area (Å²) in [5.41, 5.74) is -0.723. The van der Waals surface area contributed by atoms with E-state index in [1.807, 2.05) is 0 Å². The minimum atomic E-state index is -1.19. The highest BCUT2D eigenvalue weighted by molar-refractivity contribution is 5.90. The lowest BCUT2D eigenvalue weighted by Crippen LogP contribution is -2.52. The Balaban J connectivity index is 2.83. The zero-order valence-electron chi connectivity index (χ0n) is 13.6. The first-order valence-electron chi connectivity index (χ1n) is 7.37. The minimum absolute atomic E-state index is 0.0334. The van der Waals surface area contributed by atoms with Gasteiger partial charge in [-0.2, -0.15) is 0 Å². The molecule has 8 heteroatoms. The summed E-state index contributed by atoms with van der Waals surface area (Å²) in [6.45, 7) is 8.51. The molecule has 0 radical (unpaired) electrons. The maximum absolute atomic E-state index is 12.5. The molecule has 0 aliphatic carbocycles. The average molecular weight is 328 g/mol. The van der Waals surface area contributed by atoms with Gasteiger partial charge < -0.3 is 25.2 Å². The Labute approximate surface area is 135 Å². The number of likely N-dealkylation sites (tertiary alicyclic amines) is 1. The largest absolute Gasteiger partial charge is 0.480 e.